The van der Waals surface area contributed by atoms with Crippen LogP contribution in [0, 0.1) is 10.1 Å². The summed E-state index contributed by atoms with van der Waals surface area (Å²) in [6.45, 7) is -0.0549. The third-order valence-electron chi connectivity index (χ3n) is 1.04. The van der Waals surface area contributed by atoms with E-state index in [0.717, 1.165) is 0 Å². The summed E-state index contributed by atoms with van der Waals surface area (Å²) in [4.78, 5) is 24.2. The lowest BCUT2D eigenvalue weighted by molar-refractivity contribution is -0.758. The fourth-order valence-corrected chi connectivity index (χ4v) is 0.632. The number of rotatable bonds is 8. The molecule has 0 heterocycles. The van der Waals surface area contributed by atoms with Gasteiger partial charge in [0, 0.05) is 0 Å². The third kappa shape index (κ3) is 10.6. The molecule has 0 aromatic carbocycles. The van der Waals surface area contributed by atoms with E-state index in [-0.39, 0.29) is 32.5 Å². The van der Waals surface area contributed by atoms with E-state index in [0.29, 0.717) is 0 Å². The summed E-state index contributed by atoms with van der Waals surface area (Å²) in [5.41, 5.74) is 0. The van der Waals surface area contributed by atoms with Gasteiger partial charge in [-0.15, -0.1) is 10.1 Å². The predicted molar refractivity (Wildman–Crippen MR) is 46.9 cm³/mol. The highest BCUT2D eigenvalue weighted by Gasteiger charge is 2.01. The van der Waals surface area contributed by atoms with Crippen LogP contribution >= 0.6 is 11.6 Å². The van der Waals surface area contributed by atoms with Crippen LogP contribution in [0.2, 0.25) is 0 Å². The van der Waals surface area contributed by atoms with Crippen molar-refractivity contribution >= 4 is 17.8 Å². The number of hydrogen-bond acceptors (Lipinski definition) is 7. The van der Waals surface area contributed by atoms with Gasteiger partial charge in [-0.2, -0.15) is 0 Å². The van der Waals surface area contributed by atoms with Gasteiger partial charge in [0.25, 0.3) is 5.09 Å². The van der Waals surface area contributed by atoms with E-state index in [1.807, 2.05) is 0 Å². The van der Waals surface area contributed by atoms with E-state index >= 15 is 0 Å². The van der Waals surface area contributed by atoms with Crippen molar-refractivity contribution in [1.29, 1.82) is 0 Å². The standard InChI is InChI=1S/C6H10ClNO7/c7-5-14-6(9)13-3-1-12-2-4-15-8(10)11/h1-5H2. The van der Waals surface area contributed by atoms with Gasteiger partial charge in [0.2, 0.25) is 0 Å². The Bertz CT molecular complexity index is 200. The first-order chi connectivity index (χ1) is 7.16. The van der Waals surface area contributed by atoms with Crippen LogP contribution in [0.1, 0.15) is 0 Å². The molecule has 8 nitrogen and oxygen atoms in total. The topological polar surface area (TPSA) is 97.1 Å². The van der Waals surface area contributed by atoms with Crippen LogP contribution in [-0.4, -0.2) is 43.7 Å². The highest BCUT2D eigenvalue weighted by molar-refractivity contribution is 6.17. The monoisotopic (exact) mass is 243 g/mol. The maximum absolute atomic E-state index is 10.5. The molecule has 0 rings (SSSR count). The fraction of sp³-hybridized carbons (Fsp3) is 0.833. The first kappa shape index (κ1) is 13.7. The zero-order chi connectivity index (χ0) is 11.5. The first-order valence-corrected chi connectivity index (χ1v) is 4.41. The SMILES string of the molecule is O=C(OCCl)OCCOCCO[N+](=O)[O-]. The van der Waals surface area contributed by atoms with Crippen molar-refractivity contribution in [2.45, 2.75) is 0 Å². The maximum atomic E-state index is 10.5. The maximum Gasteiger partial charge on any atom is 0.509 e. The molecular formula is C6H10ClNO7. The molecule has 0 aromatic rings. The van der Waals surface area contributed by atoms with E-state index < -0.39 is 11.2 Å². The van der Waals surface area contributed by atoms with Gasteiger partial charge in [-0.05, 0) is 0 Å². The van der Waals surface area contributed by atoms with Gasteiger partial charge < -0.3 is 19.0 Å². The Balaban J connectivity index is 3.11. The fourth-order valence-electron chi connectivity index (χ4n) is 0.543. The second kappa shape index (κ2) is 9.28. The van der Waals surface area contributed by atoms with Gasteiger partial charge in [0.1, 0.15) is 13.2 Å². The van der Waals surface area contributed by atoms with Crippen molar-refractivity contribution < 1.29 is 28.9 Å². The van der Waals surface area contributed by atoms with Crippen molar-refractivity contribution in [1.82, 2.24) is 0 Å². The van der Waals surface area contributed by atoms with Crippen LogP contribution < -0.4 is 0 Å². The van der Waals surface area contributed by atoms with Crippen LogP contribution in [0.15, 0.2) is 0 Å². The van der Waals surface area contributed by atoms with Crippen LogP contribution in [0.4, 0.5) is 4.79 Å². The minimum Gasteiger partial charge on any atom is -0.432 e. The van der Waals surface area contributed by atoms with Crippen molar-refractivity contribution in [3.8, 4) is 0 Å². The quantitative estimate of drug-likeness (QED) is 0.202. The molecule has 0 unspecified atom stereocenters. The smallest absolute Gasteiger partial charge is 0.432 e. The molecule has 0 aliphatic carbocycles. The number of carbonyl (C=O) groups excluding carboxylic acids is 1. The summed E-state index contributed by atoms with van der Waals surface area (Å²) in [5.74, 6) is 0. The Labute approximate surface area is 90.1 Å². The summed E-state index contributed by atoms with van der Waals surface area (Å²) in [7, 11) is 0. The van der Waals surface area contributed by atoms with Gasteiger partial charge in [0.05, 0.1) is 13.2 Å². The van der Waals surface area contributed by atoms with Crippen LogP contribution in [0.5, 0.6) is 0 Å². The van der Waals surface area contributed by atoms with E-state index in [1.54, 1.807) is 0 Å². The van der Waals surface area contributed by atoms with Crippen LogP contribution in [-0.2, 0) is 19.0 Å². The van der Waals surface area contributed by atoms with Gasteiger partial charge in [-0.25, -0.2) is 4.79 Å². The van der Waals surface area contributed by atoms with Crippen molar-refractivity contribution in [3.63, 3.8) is 0 Å². The third-order valence-corrected chi connectivity index (χ3v) is 1.15. The van der Waals surface area contributed by atoms with Gasteiger partial charge >= 0.3 is 6.16 Å². The molecule has 0 aliphatic heterocycles. The second-order valence-corrected chi connectivity index (χ2v) is 2.24. The van der Waals surface area contributed by atoms with Crippen molar-refractivity contribution in [2.24, 2.45) is 0 Å². The summed E-state index contributed by atoms with van der Waals surface area (Å²) in [6, 6.07) is -0.281. The molecule has 9 heteroatoms. The number of ether oxygens (including phenoxy) is 3. The zero-order valence-corrected chi connectivity index (χ0v) is 8.47. The Kier molecular flexibility index (Phi) is 8.49. The summed E-state index contributed by atoms with van der Waals surface area (Å²) in [6.07, 6.45) is -0.893. The number of nitrogens with zero attached hydrogens (tertiary/aromatic N) is 1. The molecule has 88 valence electrons. The second-order valence-electron chi connectivity index (χ2n) is 2.02. The molecule has 0 aliphatic rings. The van der Waals surface area contributed by atoms with E-state index in [1.165, 1.54) is 0 Å². The average molecular weight is 244 g/mol. The van der Waals surface area contributed by atoms with Gasteiger partial charge in [0.15, 0.2) is 6.07 Å². The Morgan fingerprint density at radius 3 is 2.47 bits per heavy atom. The molecule has 0 amide bonds. The molecule has 15 heavy (non-hydrogen) atoms. The molecule has 0 N–H and O–H groups in total. The normalized spacial score (nSPS) is 9.40. The number of carbonyl (C=O) groups is 1. The molecule has 0 bridgehead atoms. The predicted octanol–water partition coefficient (Wildman–Crippen LogP) is 0.561. The lowest BCUT2D eigenvalue weighted by Gasteiger charge is -2.04. The highest BCUT2D eigenvalue weighted by Crippen LogP contribution is 1.88. The van der Waals surface area contributed by atoms with E-state index in [9.17, 15) is 14.9 Å². The molecule has 0 saturated carbocycles. The lowest BCUT2D eigenvalue weighted by Crippen LogP contribution is -2.14. The summed E-state index contributed by atoms with van der Waals surface area (Å²) >= 11 is 5.07. The molecule has 0 radical (unpaired) electrons. The summed E-state index contributed by atoms with van der Waals surface area (Å²) < 4.78 is 13.5. The number of alkyl halides is 1. The first-order valence-electron chi connectivity index (χ1n) is 3.87. The van der Waals surface area contributed by atoms with Crippen LogP contribution in [0.3, 0.4) is 0 Å². The largest absolute Gasteiger partial charge is 0.509 e. The lowest BCUT2D eigenvalue weighted by atomic mass is 10.7. The Morgan fingerprint density at radius 1 is 1.20 bits per heavy atom. The molecule has 0 spiro atoms. The minimum absolute atomic E-state index is 0.0197. The molecule has 0 fully saturated rings. The van der Waals surface area contributed by atoms with Crippen molar-refractivity contribution in [3.05, 3.63) is 10.1 Å². The Morgan fingerprint density at radius 2 is 1.87 bits per heavy atom. The number of halogens is 1. The average Bonchev–Trinajstić information content (AvgIpc) is 2.16. The molecular weight excluding hydrogens is 234 g/mol. The minimum atomic E-state index is -0.919. The van der Waals surface area contributed by atoms with E-state index in [2.05, 4.69) is 14.3 Å². The molecule has 0 saturated heterocycles. The van der Waals surface area contributed by atoms with Crippen molar-refractivity contribution in [2.75, 3.05) is 32.5 Å². The summed E-state index contributed by atoms with van der Waals surface area (Å²) in [5, 5.41) is 8.76. The van der Waals surface area contributed by atoms with Gasteiger partial charge in [-0.3, -0.25) is 0 Å². The van der Waals surface area contributed by atoms with Gasteiger partial charge in [-0.1, -0.05) is 11.6 Å². The molecule has 0 aromatic heterocycles. The zero-order valence-electron chi connectivity index (χ0n) is 7.72. The molecule has 0 atom stereocenters. The van der Waals surface area contributed by atoms with Crippen LogP contribution in [0.25, 0.3) is 0 Å². The number of hydrogen-bond donors (Lipinski definition) is 0. The Hall–Kier alpha value is -1.28. The van der Waals surface area contributed by atoms with E-state index in [4.69, 9.17) is 16.3 Å². The highest BCUT2D eigenvalue weighted by atomic mass is 35.5.